The zero-order chi connectivity index (χ0) is 12.0. The number of hydrogen-bond donors (Lipinski definition) is 1. The molecule has 1 aromatic rings. The average Bonchev–Trinajstić information content (AvgIpc) is 2.88. The van der Waals surface area contributed by atoms with E-state index >= 15 is 0 Å². The van der Waals surface area contributed by atoms with Crippen LogP contribution in [0.15, 0.2) is 18.2 Å². The van der Waals surface area contributed by atoms with Crippen molar-refractivity contribution in [3.63, 3.8) is 0 Å². The van der Waals surface area contributed by atoms with E-state index in [1.807, 2.05) is 0 Å². The van der Waals surface area contributed by atoms with Gasteiger partial charge >= 0.3 is 0 Å². The third-order valence-electron chi connectivity index (χ3n) is 4.42. The van der Waals surface area contributed by atoms with Gasteiger partial charge in [0.05, 0.1) is 6.10 Å². The van der Waals surface area contributed by atoms with Gasteiger partial charge in [-0.25, -0.2) is 8.78 Å². The van der Waals surface area contributed by atoms with E-state index < -0.39 is 17.7 Å². The van der Waals surface area contributed by atoms with Gasteiger partial charge in [0.25, 0.3) is 0 Å². The molecule has 2 saturated carbocycles. The van der Waals surface area contributed by atoms with Gasteiger partial charge in [-0.2, -0.15) is 0 Å². The summed E-state index contributed by atoms with van der Waals surface area (Å²) >= 11 is 0. The van der Waals surface area contributed by atoms with Gasteiger partial charge < -0.3 is 5.11 Å². The SMILES string of the molecule is OC(c1cc(F)cc(F)c1)C1CC2CCC1C2. The van der Waals surface area contributed by atoms with Crippen molar-refractivity contribution in [1.82, 2.24) is 0 Å². The van der Waals surface area contributed by atoms with E-state index in [1.54, 1.807) is 0 Å². The minimum Gasteiger partial charge on any atom is -0.388 e. The van der Waals surface area contributed by atoms with Crippen molar-refractivity contribution in [3.8, 4) is 0 Å². The largest absolute Gasteiger partial charge is 0.388 e. The predicted molar refractivity (Wildman–Crippen MR) is 60.3 cm³/mol. The third kappa shape index (κ3) is 1.97. The standard InChI is InChI=1S/C14H16F2O/c15-11-5-10(6-12(16)7-11)14(17)13-4-8-1-2-9(13)3-8/h5-9,13-14,17H,1-4H2. The van der Waals surface area contributed by atoms with Crippen LogP contribution in [-0.4, -0.2) is 5.11 Å². The van der Waals surface area contributed by atoms with Gasteiger partial charge in [-0.1, -0.05) is 6.42 Å². The Labute approximate surface area is 99.5 Å². The summed E-state index contributed by atoms with van der Waals surface area (Å²) in [5.41, 5.74) is 0.389. The van der Waals surface area contributed by atoms with Crippen LogP contribution in [0.2, 0.25) is 0 Å². The van der Waals surface area contributed by atoms with Crippen molar-refractivity contribution in [2.75, 3.05) is 0 Å². The predicted octanol–water partition coefficient (Wildman–Crippen LogP) is 3.43. The van der Waals surface area contributed by atoms with Gasteiger partial charge in [0, 0.05) is 6.07 Å². The molecule has 0 amide bonds. The van der Waals surface area contributed by atoms with E-state index in [1.165, 1.54) is 25.0 Å². The Hall–Kier alpha value is -0.960. The zero-order valence-electron chi connectivity index (χ0n) is 9.57. The summed E-state index contributed by atoms with van der Waals surface area (Å²) in [4.78, 5) is 0. The molecule has 2 aliphatic rings. The highest BCUT2D eigenvalue weighted by Gasteiger charge is 2.43. The first-order valence-corrected chi connectivity index (χ1v) is 6.27. The topological polar surface area (TPSA) is 20.2 Å². The van der Waals surface area contributed by atoms with Gasteiger partial charge in [-0.3, -0.25) is 0 Å². The molecule has 0 heterocycles. The lowest BCUT2D eigenvalue weighted by Crippen LogP contribution is -2.19. The molecule has 2 fully saturated rings. The number of benzene rings is 1. The molecule has 0 radical (unpaired) electrons. The first kappa shape index (κ1) is 11.1. The van der Waals surface area contributed by atoms with Gasteiger partial charge in [-0.15, -0.1) is 0 Å². The Kier molecular flexibility index (Phi) is 2.66. The molecule has 4 unspecified atom stereocenters. The fraction of sp³-hybridized carbons (Fsp3) is 0.571. The molecular weight excluding hydrogens is 222 g/mol. The Balaban J connectivity index is 1.83. The fourth-order valence-electron chi connectivity index (χ4n) is 3.67. The van der Waals surface area contributed by atoms with Crippen molar-refractivity contribution in [2.45, 2.75) is 31.8 Å². The zero-order valence-corrected chi connectivity index (χ0v) is 9.57. The summed E-state index contributed by atoms with van der Waals surface area (Å²) in [7, 11) is 0. The summed E-state index contributed by atoms with van der Waals surface area (Å²) in [6.45, 7) is 0. The molecule has 1 nitrogen and oxygen atoms in total. The Bertz CT molecular complexity index is 412. The van der Waals surface area contributed by atoms with Crippen molar-refractivity contribution in [1.29, 1.82) is 0 Å². The van der Waals surface area contributed by atoms with E-state index in [0.29, 0.717) is 11.5 Å². The maximum Gasteiger partial charge on any atom is 0.126 e. The van der Waals surface area contributed by atoms with E-state index in [2.05, 4.69) is 0 Å². The van der Waals surface area contributed by atoms with Crippen LogP contribution < -0.4 is 0 Å². The van der Waals surface area contributed by atoms with Crippen LogP contribution in [0.3, 0.4) is 0 Å². The highest BCUT2D eigenvalue weighted by molar-refractivity contribution is 5.21. The van der Waals surface area contributed by atoms with Gasteiger partial charge in [0.2, 0.25) is 0 Å². The Morgan fingerprint density at radius 1 is 1.06 bits per heavy atom. The number of halogens is 2. The molecule has 1 aromatic carbocycles. The number of aliphatic hydroxyl groups excluding tert-OH is 1. The number of fused-ring (bicyclic) bond motifs is 2. The second-order valence-corrected chi connectivity index (χ2v) is 5.49. The fourth-order valence-corrected chi connectivity index (χ4v) is 3.67. The van der Waals surface area contributed by atoms with Crippen LogP contribution in [0.25, 0.3) is 0 Å². The van der Waals surface area contributed by atoms with Crippen LogP contribution in [0.4, 0.5) is 8.78 Å². The summed E-state index contributed by atoms with van der Waals surface area (Å²) in [5.74, 6) is 0.235. The lowest BCUT2D eigenvalue weighted by atomic mass is 9.82. The quantitative estimate of drug-likeness (QED) is 0.836. The lowest BCUT2D eigenvalue weighted by Gasteiger charge is -2.27. The molecular formula is C14H16F2O. The lowest BCUT2D eigenvalue weighted by molar-refractivity contribution is 0.0740. The highest BCUT2D eigenvalue weighted by Crippen LogP contribution is 2.52. The van der Waals surface area contributed by atoms with Crippen molar-refractivity contribution in [2.24, 2.45) is 17.8 Å². The van der Waals surface area contributed by atoms with Crippen molar-refractivity contribution >= 4 is 0 Å². The monoisotopic (exact) mass is 238 g/mol. The molecule has 0 spiro atoms. The molecule has 0 aliphatic heterocycles. The van der Waals surface area contributed by atoms with E-state index in [-0.39, 0.29) is 5.92 Å². The van der Waals surface area contributed by atoms with Gasteiger partial charge in [-0.05, 0) is 54.7 Å². The average molecular weight is 238 g/mol. The molecule has 1 N–H and O–H groups in total. The van der Waals surface area contributed by atoms with Crippen LogP contribution in [-0.2, 0) is 0 Å². The third-order valence-corrected chi connectivity index (χ3v) is 4.42. The number of hydrogen-bond acceptors (Lipinski definition) is 1. The molecule has 4 atom stereocenters. The van der Waals surface area contributed by atoms with E-state index in [0.717, 1.165) is 24.8 Å². The summed E-state index contributed by atoms with van der Waals surface area (Å²) in [5, 5.41) is 10.3. The minimum absolute atomic E-state index is 0.190. The van der Waals surface area contributed by atoms with Gasteiger partial charge in [0.1, 0.15) is 11.6 Å². The Morgan fingerprint density at radius 2 is 1.76 bits per heavy atom. The summed E-state index contributed by atoms with van der Waals surface area (Å²) < 4.78 is 26.2. The first-order valence-electron chi connectivity index (χ1n) is 6.27. The first-order chi connectivity index (χ1) is 8.13. The van der Waals surface area contributed by atoms with Crippen molar-refractivity contribution < 1.29 is 13.9 Å². The summed E-state index contributed by atoms with van der Waals surface area (Å²) in [6.07, 6.45) is 3.88. The van der Waals surface area contributed by atoms with Crippen LogP contribution in [0.1, 0.15) is 37.4 Å². The van der Waals surface area contributed by atoms with Crippen molar-refractivity contribution in [3.05, 3.63) is 35.4 Å². The van der Waals surface area contributed by atoms with Gasteiger partial charge in [0.15, 0.2) is 0 Å². The molecule has 17 heavy (non-hydrogen) atoms. The molecule has 3 heteroatoms. The number of rotatable bonds is 2. The smallest absolute Gasteiger partial charge is 0.126 e. The maximum absolute atomic E-state index is 13.1. The summed E-state index contributed by atoms with van der Waals surface area (Å²) in [6, 6.07) is 3.34. The molecule has 2 bridgehead atoms. The molecule has 0 aromatic heterocycles. The van der Waals surface area contributed by atoms with Crippen LogP contribution in [0, 0.1) is 29.4 Å². The molecule has 92 valence electrons. The van der Waals surface area contributed by atoms with E-state index in [9.17, 15) is 13.9 Å². The molecule has 0 saturated heterocycles. The normalized spacial score (nSPS) is 33.0. The minimum atomic E-state index is -0.712. The number of aliphatic hydroxyl groups is 1. The van der Waals surface area contributed by atoms with E-state index in [4.69, 9.17) is 0 Å². The Morgan fingerprint density at radius 3 is 2.29 bits per heavy atom. The van der Waals surface area contributed by atoms with Crippen LogP contribution in [0.5, 0.6) is 0 Å². The van der Waals surface area contributed by atoms with Crippen LogP contribution >= 0.6 is 0 Å². The second-order valence-electron chi connectivity index (χ2n) is 5.49. The molecule has 3 rings (SSSR count). The highest BCUT2D eigenvalue weighted by atomic mass is 19.1. The molecule has 2 aliphatic carbocycles. The maximum atomic E-state index is 13.1. The second kappa shape index (κ2) is 4.05.